The molecule has 21 heavy (non-hydrogen) atoms. The van der Waals surface area contributed by atoms with Crippen LogP contribution in [0.25, 0.3) is 0 Å². The van der Waals surface area contributed by atoms with E-state index in [1.54, 1.807) is 0 Å². The SMILES string of the molecule is Cc1cccc([C@@H](C)NC(=O)CNC(=O)[C@@H](N)C(C)C)c1. The second-order valence-corrected chi connectivity index (χ2v) is 5.69. The van der Waals surface area contributed by atoms with Crippen LogP contribution in [-0.4, -0.2) is 24.4 Å². The number of nitrogens with two attached hydrogens (primary N) is 1. The molecule has 4 N–H and O–H groups in total. The van der Waals surface area contributed by atoms with Crippen LogP contribution in [0.5, 0.6) is 0 Å². The Bertz CT molecular complexity index is 500. The van der Waals surface area contributed by atoms with Crippen molar-refractivity contribution in [2.75, 3.05) is 6.54 Å². The summed E-state index contributed by atoms with van der Waals surface area (Å²) in [5, 5.41) is 5.41. The number of aryl methyl sites for hydroxylation is 1. The van der Waals surface area contributed by atoms with Crippen molar-refractivity contribution >= 4 is 11.8 Å². The fourth-order valence-electron chi connectivity index (χ4n) is 1.90. The molecule has 2 amide bonds. The van der Waals surface area contributed by atoms with Gasteiger partial charge in [0.1, 0.15) is 0 Å². The Morgan fingerprint density at radius 2 is 1.90 bits per heavy atom. The molecular weight excluding hydrogens is 266 g/mol. The fraction of sp³-hybridized carbons (Fsp3) is 0.500. The third kappa shape index (κ3) is 5.55. The Morgan fingerprint density at radius 1 is 1.24 bits per heavy atom. The number of nitrogens with one attached hydrogen (secondary N) is 2. The summed E-state index contributed by atoms with van der Waals surface area (Å²) < 4.78 is 0. The first-order valence-corrected chi connectivity index (χ1v) is 7.20. The molecule has 0 unspecified atom stereocenters. The van der Waals surface area contributed by atoms with Crippen molar-refractivity contribution in [3.63, 3.8) is 0 Å². The van der Waals surface area contributed by atoms with Crippen LogP contribution in [0.4, 0.5) is 0 Å². The Kier molecular flexibility index (Phi) is 6.37. The number of hydrogen-bond donors (Lipinski definition) is 3. The van der Waals surface area contributed by atoms with Gasteiger partial charge in [-0.1, -0.05) is 43.7 Å². The van der Waals surface area contributed by atoms with Gasteiger partial charge in [0.05, 0.1) is 18.6 Å². The third-order valence-electron chi connectivity index (χ3n) is 3.36. The topological polar surface area (TPSA) is 84.2 Å². The molecule has 0 bridgehead atoms. The largest absolute Gasteiger partial charge is 0.348 e. The van der Waals surface area contributed by atoms with Gasteiger partial charge in [-0.25, -0.2) is 0 Å². The van der Waals surface area contributed by atoms with Crippen LogP contribution in [0, 0.1) is 12.8 Å². The van der Waals surface area contributed by atoms with E-state index in [2.05, 4.69) is 10.6 Å². The van der Waals surface area contributed by atoms with Crippen molar-refractivity contribution in [3.05, 3.63) is 35.4 Å². The van der Waals surface area contributed by atoms with Gasteiger partial charge in [-0.05, 0) is 25.3 Å². The number of amides is 2. The highest BCUT2D eigenvalue weighted by Gasteiger charge is 2.18. The molecule has 5 nitrogen and oxygen atoms in total. The Balaban J connectivity index is 2.45. The normalized spacial score (nSPS) is 13.6. The number of rotatable bonds is 6. The zero-order valence-corrected chi connectivity index (χ0v) is 13.1. The highest BCUT2D eigenvalue weighted by atomic mass is 16.2. The van der Waals surface area contributed by atoms with Gasteiger partial charge in [0.15, 0.2) is 0 Å². The van der Waals surface area contributed by atoms with Crippen LogP contribution in [0.3, 0.4) is 0 Å². The number of hydrogen-bond acceptors (Lipinski definition) is 3. The summed E-state index contributed by atoms with van der Waals surface area (Å²) in [6.45, 7) is 7.59. The quantitative estimate of drug-likeness (QED) is 0.738. The van der Waals surface area contributed by atoms with Gasteiger partial charge in [-0.3, -0.25) is 9.59 Å². The molecule has 0 radical (unpaired) electrons. The van der Waals surface area contributed by atoms with Crippen LogP contribution < -0.4 is 16.4 Å². The zero-order chi connectivity index (χ0) is 16.0. The Labute approximate surface area is 126 Å². The lowest BCUT2D eigenvalue weighted by atomic mass is 10.1. The summed E-state index contributed by atoms with van der Waals surface area (Å²) in [7, 11) is 0. The average molecular weight is 291 g/mol. The van der Waals surface area contributed by atoms with E-state index in [0.29, 0.717) is 0 Å². The molecule has 0 aliphatic carbocycles. The lowest BCUT2D eigenvalue weighted by Crippen LogP contribution is -2.47. The Morgan fingerprint density at radius 3 is 2.48 bits per heavy atom. The van der Waals surface area contributed by atoms with E-state index in [1.165, 1.54) is 0 Å². The van der Waals surface area contributed by atoms with Crippen molar-refractivity contribution in [1.29, 1.82) is 0 Å². The molecule has 0 heterocycles. The molecule has 1 aromatic rings. The Hall–Kier alpha value is -1.88. The molecule has 0 saturated carbocycles. The summed E-state index contributed by atoms with van der Waals surface area (Å²) in [6.07, 6.45) is 0. The monoisotopic (exact) mass is 291 g/mol. The van der Waals surface area contributed by atoms with Gasteiger partial charge in [0, 0.05) is 0 Å². The van der Waals surface area contributed by atoms with E-state index in [1.807, 2.05) is 52.0 Å². The van der Waals surface area contributed by atoms with Crippen molar-refractivity contribution in [2.24, 2.45) is 11.7 Å². The zero-order valence-electron chi connectivity index (χ0n) is 13.1. The maximum absolute atomic E-state index is 11.8. The van der Waals surface area contributed by atoms with Crippen molar-refractivity contribution in [2.45, 2.75) is 39.8 Å². The maximum atomic E-state index is 11.8. The molecular formula is C16H25N3O2. The second kappa shape index (κ2) is 7.78. The minimum Gasteiger partial charge on any atom is -0.348 e. The predicted molar refractivity (Wildman–Crippen MR) is 83.6 cm³/mol. The van der Waals surface area contributed by atoms with Gasteiger partial charge in [0.2, 0.25) is 11.8 Å². The lowest BCUT2D eigenvalue weighted by molar-refractivity contribution is -0.127. The molecule has 5 heteroatoms. The summed E-state index contributed by atoms with van der Waals surface area (Å²) in [5.74, 6) is -0.490. The van der Waals surface area contributed by atoms with Crippen LogP contribution in [-0.2, 0) is 9.59 Å². The molecule has 0 aliphatic heterocycles. The minimum absolute atomic E-state index is 0.0410. The van der Waals surface area contributed by atoms with E-state index in [-0.39, 0.29) is 30.3 Å². The molecule has 0 aliphatic rings. The van der Waals surface area contributed by atoms with Crippen LogP contribution in [0.1, 0.15) is 37.9 Å². The van der Waals surface area contributed by atoms with E-state index in [0.717, 1.165) is 11.1 Å². The molecule has 0 aromatic heterocycles. The van der Waals surface area contributed by atoms with Crippen molar-refractivity contribution in [3.8, 4) is 0 Å². The van der Waals surface area contributed by atoms with Crippen LogP contribution >= 0.6 is 0 Å². The minimum atomic E-state index is -0.591. The van der Waals surface area contributed by atoms with Crippen LogP contribution in [0.2, 0.25) is 0 Å². The molecule has 116 valence electrons. The molecule has 0 fully saturated rings. The lowest BCUT2D eigenvalue weighted by Gasteiger charge is -2.17. The summed E-state index contributed by atoms with van der Waals surface area (Å²) in [4.78, 5) is 23.5. The molecule has 1 rings (SSSR count). The standard InChI is InChI=1S/C16H25N3O2/c1-10(2)15(17)16(21)18-9-14(20)19-12(4)13-7-5-6-11(3)8-13/h5-8,10,12,15H,9,17H2,1-4H3,(H,18,21)(H,19,20)/t12-,15+/m1/s1. The maximum Gasteiger partial charge on any atom is 0.239 e. The van der Waals surface area contributed by atoms with Gasteiger partial charge in [-0.2, -0.15) is 0 Å². The van der Waals surface area contributed by atoms with E-state index >= 15 is 0 Å². The molecule has 2 atom stereocenters. The predicted octanol–water partition coefficient (Wildman–Crippen LogP) is 1.27. The van der Waals surface area contributed by atoms with E-state index in [4.69, 9.17) is 5.73 Å². The first-order chi connectivity index (χ1) is 9.81. The van der Waals surface area contributed by atoms with Crippen LogP contribution in [0.15, 0.2) is 24.3 Å². The van der Waals surface area contributed by atoms with Crippen molar-refractivity contribution < 1.29 is 9.59 Å². The highest BCUT2D eigenvalue weighted by molar-refractivity contribution is 5.87. The van der Waals surface area contributed by atoms with E-state index < -0.39 is 6.04 Å². The van der Waals surface area contributed by atoms with Gasteiger partial charge in [-0.15, -0.1) is 0 Å². The number of benzene rings is 1. The molecule has 1 aromatic carbocycles. The first-order valence-electron chi connectivity index (χ1n) is 7.20. The second-order valence-electron chi connectivity index (χ2n) is 5.69. The smallest absolute Gasteiger partial charge is 0.239 e. The van der Waals surface area contributed by atoms with E-state index in [9.17, 15) is 9.59 Å². The first kappa shape index (κ1) is 17.2. The average Bonchev–Trinajstić information content (AvgIpc) is 2.43. The highest BCUT2D eigenvalue weighted by Crippen LogP contribution is 2.13. The fourth-order valence-corrected chi connectivity index (χ4v) is 1.90. The van der Waals surface area contributed by atoms with Gasteiger partial charge >= 0.3 is 0 Å². The van der Waals surface area contributed by atoms with Crippen molar-refractivity contribution in [1.82, 2.24) is 10.6 Å². The third-order valence-corrected chi connectivity index (χ3v) is 3.36. The van der Waals surface area contributed by atoms with Gasteiger partial charge in [0.25, 0.3) is 0 Å². The summed E-state index contributed by atoms with van der Waals surface area (Å²) >= 11 is 0. The number of carbonyl (C=O) groups is 2. The number of carbonyl (C=O) groups excluding carboxylic acids is 2. The molecule has 0 saturated heterocycles. The summed E-state index contributed by atoms with van der Waals surface area (Å²) in [5.41, 5.74) is 7.89. The molecule has 0 spiro atoms. The summed E-state index contributed by atoms with van der Waals surface area (Å²) in [6, 6.07) is 7.26. The van der Waals surface area contributed by atoms with Gasteiger partial charge < -0.3 is 16.4 Å².